The van der Waals surface area contributed by atoms with E-state index in [1.165, 1.54) is 35.3 Å². The Bertz CT molecular complexity index is 293. The van der Waals surface area contributed by atoms with Crippen LogP contribution in [0.1, 0.15) is 53.9 Å². The van der Waals surface area contributed by atoms with Crippen LogP contribution in [0.3, 0.4) is 0 Å². The zero-order valence-corrected chi connectivity index (χ0v) is 13.9. The van der Waals surface area contributed by atoms with Crippen LogP contribution in [0.4, 0.5) is 0 Å². The molecule has 0 aromatic rings. The van der Waals surface area contributed by atoms with E-state index in [1.807, 2.05) is 45.5 Å². The van der Waals surface area contributed by atoms with Crippen molar-refractivity contribution in [3.8, 4) is 0 Å². The van der Waals surface area contributed by atoms with Gasteiger partial charge in [0.15, 0.2) is 0 Å². The lowest BCUT2D eigenvalue weighted by molar-refractivity contribution is 0.793. The van der Waals surface area contributed by atoms with Crippen molar-refractivity contribution in [2.45, 2.75) is 53.9 Å². The van der Waals surface area contributed by atoms with Gasteiger partial charge < -0.3 is 0 Å². The highest BCUT2D eigenvalue weighted by Gasteiger charge is 2.13. The predicted molar refractivity (Wildman–Crippen MR) is 90.2 cm³/mol. The van der Waals surface area contributed by atoms with Gasteiger partial charge in [-0.05, 0) is 43.6 Å². The first-order valence-electron chi connectivity index (χ1n) is 7.05. The van der Waals surface area contributed by atoms with E-state index in [-0.39, 0.29) is 0 Å². The van der Waals surface area contributed by atoms with E-state index in [9.17, 15) is 0 Å². The summed E-state index contributed by atoms with van der Waals surface area (Å²) >= 11 is 1.85. The van der Waals surface area contributed by atoms with Gasteiger partial charge in [0.1, 0.15) is 0 Å². The third kappa shape index (κ3) is 6.90. The lowest BCUT2D eigenvalue weighted by atomic mass is 9.94. The van der Waals surface area contributed by atoms with E-state index in [1.54, 1.807) is 0 Å². The number of thioether (sulfide) groups is 1. The van der Waals surface area contributed by atoms with Crippen LogP contribution in [0.15, 0.2) is 46.9 Å². The Kier molecular flexibility index (Phi) is 15.7. The maximum atomic E-state index is 3.77. The predicted octanol–water partition coefficient (Wildman–Crippen LogP) is 6.53. The fourth-order valence-corrected chi connectivity index (χ4v) is 2.69. The SMILES string of the molecule is C=C/C=C1\CCCC(/C=C/C)=C1SC.CC.CC. The number of rotatable bonds is 3. The Morgan fingerprint density at radius 3 is 2.17 bits per heavy atom. The highest BCUT2D eigenvalue weighted by atomic mass is 32.2. The molecular formula is C17H30S. The van der Waals surface area contributed by atoms with E-state index >= 15 is 0 Å². The summed E-state index contributed by atoms with van der Waals surface area (Å²) in [5, 5.41) is 0. The summed E-state index contributed by atoms with van der Waals surface area (Å²) in [7, 11) is 0. The molecule has 0 saturated heterocycles. The molecule has 0 N–H and O–H groups in total. The Morgan fingerprint density at radius 2 is 1.72 bits per heavy atom. The minimum Gasteiger partial charge on any atom is -0.129 e. The van der Waals surface area contributed by atoms with E-state index < -0.39 is 0 Å². The first-order chi connectivity index (χ1) is 8.83. The summed E-state index contributed by atoms with van der Waals surface area (Å²) in [6.07, 6.45) is 14.2. The fourth-order valence-electron chi connectivity index (χ4n) is 1.83. The number of allylic oxidation sites excluding steroid dienone is 6. The average Bonchev–Trinajstić information content (AvgIpc) is 2.44. The van der Waals surface area contributed by atoms with Gasteiger partial charge in [-0.15, -0.1) is 11.8 Å². The van der Waals surface area contributed by atoms with Crippen molar-refractivity contribution in [2.75, 3.05) is 6.26 Å². The van der Waals surface area contributed by atoms with Gasteiger partial charge in [-0.25, -0.2) is 0 Å². The molecule has 1 heteroatoms. The van der Waals surface area contributed by atoms with Gasteiger partial charge >= 0.3 is 0 Å². The molecule has 1 aliphatic rings. The maximum Gasteiger partial charge on any atom is 0.0133 e. The van der Waals surface area contributed by atoms with Gasteiger partial charge in [-0.2, -0.15) is 0 Å². The number of hydrogen-bond donors (Lipinski definition) is 0. The largest absolute Gasteiger partial charge is 0.129 e. The minimum absolute atomic E-state index is 1.20. The topological polar surface area (TPSA) is 0 Å². The zero-order valence-electron chi connectivity index (χ0n) is 13.0. The molecule has 0 radical (unpaired) electrons. The molecule has 0 atom stereocenters. The normalized spacial score (nSPS) is 16.9. The fraction of sp³-hybridized carbons (Fsp3) is 0.529. The highest BCUT2D eigenvalue weighted by Crippen LogP contribution is 2.36. The summed E-state index contributed by atoms with van der Waals surface area (Å²) in [5.41, 5.74) is 2.94. The molecule has 0 saturated carbocycles. The van der Waals surface area contributed by atoms with Gasteiger partial charge in [0, 0.05) is 4.91 Å². The summed E-state index contributed by atoms with van der Waals surface area (Å²) in [5.74, 6) is 0. The molecule has 0 aliphatic heterocycles. The summed E-state index contributed by atoms with van der Waals surface area (Å²) in [6, 6.07) is 0. The first-order valence-corrected chi connectivity index (χ1v) is 8.27. The molecule has 0 unspecified atom stereocenters. The molecule has 0 spiro atoms. The van der Waals surface area contributed by atoms with E-state index in [2.05, 4.69) is 38.0 Å². The van der Waals surface area contributed by atoms with Crippen LogP contribution in [0.2, 0.25) is 0 Å². The Balaban J connectivity index is 0. The second kappa shape index (κ2) is 14.4. The third-order valence-corrected chi connectivity index (χ3v) is 3.30. The molecule has 0 aromatic heterocycles. The lowest BCUT2D eigenvalue weighted by Gasteiger charge is -2.19. The van der Waals surface area contributed by atoms with Crippen molar-refractivity contribution in [3.05, 3.63) is 46.9 Å². The van der Waals surface area contributed by atoms with Crippen LogP contribution < -0.4 is 0 Å². The molecule has 0 heterocycles. The van der Waals surface area contributed by atoms with Crippen LogP contribution in [0.25, 0.3) is 0 Å². The van der Waals surface area contributed by atoms with Crippen molar-refractivity contribution in [1.29, 1.82) is 0 Å². The number of hydrogen-bond acceptors (Lipinski definition) is 1. The molecule has 0 bridgehead atoms. The standard InChI is InChI=1S/C13H18S.2C2H6/c1-4-7-11-9-6-10-12(8-5-2)13(11)14-3;2*1-2/h4-5,7-8H,1,6,9-10H2,2-3H3;2*1-2H3/b8-5+,11-7+;;. The minimum atomic E-state index is 1.20. The van der Waals surface area contributed by atoms with Crippen LogP contribution >= 0.6 is 11.8 Å². The molecule has 104 valence electrons. The smallest absolute Gasteiger partial charge is 0.0133 e. The van der Waals surface area contributed by atoms with Gasteiger partial charge in [0.2, 0.25) is 0 Å². The molecule has 0 nitrogen and oxygen atoms in total. The summed E-state index contributed by atoms with van der Waals surface area (Å²) in [4.78, 5) is 1.45. The molecule has 18 heavy (non-hydrogen) atoms. The molecule has 0 aromatic carbocycles. The second-order valence-corrected chi connectivity index (χ2v) is 4.16. The van der Waals surface area contributed by atoms with Crippen LogP contribution in [0.5, 0.6) is 0 Å². The van der Waals surface area contributed by atoms with Crippen molar-refractivity contribution in [2.24, 2.45) is 0 Å². The highest BCUT2D eigenvalue weighted by molar-refractivity contribution is 8.02. The second-order valence-electron chi connectivity index (χ2n) is 3.34. The van der Waals surface area contributed by atoms with Crippen molar-refractivity contribution in [3.63, 3.8) is 0 Å². The molecular weight excluding hydrogens is 236 g/mol. The van der Waals surface area contributed by atoms with E-state index in [4.69, 9.17) is 0 Å². The molecule has 0 amide bonds. The monoisotopic (exact) mass is 266 g/mol. The first kappa shape index (κ1) is 19.6. The Hall–Kier alpha value is -0.690. The van der Waals surface area contributed by atoms with E-state index in [0.29, 0.717) is 0 Å². The van der Waals surface area contributed by atoms with Crippen molar-refractivity contribution >= 4 is 11.8 Å². The third-order valence-electron chi connectivity index (χ3n) is 2.37. The van der Waals surface area contributed by atoms with Gasteiger partial charge in [-0.1, -0.05) is 58.6 Å². The van der Waals surface area contributed by atoms with Crippen LogP contribution in [-0.4, -0.2) is 6.26 Å². The molecule has 1 aliphatic carbocycles. The van der Waals surface area contributed by atoms with E-state index in [0.717, 1.165) is 0 Å². The van der Waals surface area contributed by atoms with Gasteiger partial charge in [0.05, 0.1) is 0 Å². The Labute approximate surface area is 119 Å². The Morgan fingerprint density at radius 1 is 1.11 bits per heavy atom. The van der Waals surface area contributed by atoms with Crippen molar-refractivity contribution in [1.82, 2.24) is 0 Å². The van der Waals surface area contributed by atoms with Gasteiger partial charge in [-0.3, -0.25) is 0 Å². The maximum absolute atomic E-state index is 3.77. The van der Waals surface area contributed by atoms with Crippen LogP contribution in [0, 0.1) is 0 Å². The van der Waals surface area contributed by atoms with Crippen LogP contribution in [-0.2, 0) is 0 Å². The zero-order chi connectivity index (χ0) is 14.4. The molecule has 0 fully saturated rings. The lowest BCUT2D eigenvalue weighted by Crippen LogP contribution is -1.99. The molecule has 1 rings (SSSR count). The average molecular weight is 266 g/mol. The summed E-state index contributed by atoms with van der Waals surface area (Å²) in [6.45, 7) is 13.8. The van der Waals surface area contributed by atoms with Gasteiger partial charge in [0.25, 0.3) is 0 Å². The summed E-state index contributed by atoms with van der Waals surface area (Å²) < 4.78 is 0. The quantitative estimate of drug-likeness (QED) is 0.559. The van der Waals surface area contributed by atoms with Crippen molar-refractivity contribution < 1.29 is 0 Å².